The Bertz CT molecular complexity index is 1210. The van der Waals surface area contributed by atoms with Crippen molar-refractivity contribution < 1.29 is 17.9 Å². The van der Waals surface area contributed by atoms with E-state index in [2.05, 4.69) is 15.1 Å². The minimum Gasteiger partial charge on any atom is -0.247 e. The normalized spacial score (nSPS) is 12.3. The first-order valence-electron chi connectivity index (χ1n) is 8.29. The molecular weight excluding hydrogens is 373 g/mol. The highest BCUT2D eigenvalue weighted by Gasteiger charge is 2.41. The van der Waals surface area contributed by atoms with Crippen molar-refractivity contribution in [1.82, 2.24) is 15.1 Å². The summed E-state index contributed by atoms with van der Waals surface area (Å²) in [6.45, 7) is 5.36. The lowest BCUT2D eigenvalue weighted by Gasteiger charge is -2.10. The lowest BCUT2D eigenvalue weighted by atomic mass is 10.1. The first kappa shape index (κ1) is 17.8. The number of hydrogen-bond donors (Lipinski definition) is 0. The summed E-state index contributed by atoms with van der Waals surface area (Å²) >= 11 is 1.52. The number of rotatable bonds is 1. The second kappa shape index (κ2) is 5.95. The van der Waals surface area contributed by atoms with E-state index in [0.29, 0.717) is 17.1 Å². The Hall–Kier alpha value is -2.61. The molecule has 8 heteroatoms. The number of thiophene rings is 1. The average molecular weight is 389 g/mol. The number of aromatic nitrogens is 4. The molecule has 0 unspecified atom stereocenters. The van der Waals surface area contributed by atoms with Crippen molar-refractivity contribution in [2.75, 3.05) is 0 Å². The van der Waals surface area contributed by atoms with Crippen LogP contribution in [0.25, 0.3) is 31.7 Å². The summed E-state index contributed by atoms with van der Waals surface area (Å²) in [6, 6.07) is 7.89. The Morgan fingerprint density at radius 2 is 1.59 bits per heavy atom. The molecule has 0 amide bonds. The molecule has 4 nitrogen and oxygen atoms in total. The standard InChI is InChI=1S/C19H16F3N4S/c1-9-12-7-5-6-8-13(12)27-17(9)16-14-15(24-11(3)10(2)23-14)18(19(20,21)22)25-26(16)4/h5-8H,1-4H3/q+1. The molecule has 4 aromatic rings. The minimum absolute atomic E-state index is 0.212. The molecule has 0 N–H and O–H groups in total. The maximum atomic E-state index is 13.6. The van der Waals surface area contributed by atoms with E-state index < -0.39 is 11.9 Å². The molecule has 0 saturated heterocycles. The van der Waals surface area contributed by atoms with Crippen LogP contribution in [-0.4, -0.2) is 15.1 Å². The fourth-order valence-corrected chi connectivity index (χ4v) is 4.47. The third-order valence-corrected chi connectivity index (χ3v) is 5.94. The van der Waals surface area contributed by atoms with Crippen LogP contribution in [0.15, 0.2) is 24.3 Å². The maximum absolute atomic E-state index is 13.6. The smallest absolute Gasteiger partial charge is 0.247 e. The third kappa shape index (κ3) is 2.75. The number of fused-ring (bicyclic) bond motifs is 2. The number of aryl methyl sites for hydroxylation is 4. The largest absolute Gasteiger partial charge is 0.441 e. The van der Waals surface area contributed by atoms with Crippen molar-refractivity contribution in [3.8, 4) is 10.6 Å². The molecule has 1 aromatic carbocycles. The van der Waals surface area contributed by atoms with Crippen molar-refractivity contribution >= 4 is 32.5 Å². The van der Waals surface area contributed by atoms with Crippen molar-refractivity contribution in [2.45, 2.75) is 26.9 Å². The van der Waals surface area contributed by atoms with E-state index in [1.807, 2.05) is 31.2 Å². The highest BCUT2D eigenvalue weighted by atomic mass is 32.1. The van der Waals surface area contributed by atoms with Crippen LogP contribution in [-0.2, 0) is 13.2 Å². The molecule has 0 atom stereocenters. The first-order valence-corrected chi connectivity index (χ1v) is 9.11. The molecule has 0 aliphatic rings. The van der Waals surface area contributed by atoms with Gasteiger partial charge in [-0.05, 0) is 37.8 Å². The number of halogens is 3. The molecule has 0 fully saturated rings. The van der Waals surface area contributed by atoms with Crippen molar-refractivity contribution in [2.24, 2.45) is 7.05 Å². The van der Waals surface area contributed by atoms with E-state index in [9.17, 15) is 13.2 Å². The maximum Gasteiger partial charge on any atom is 0.441 e. The summed E-state index contributed by atoms with van der Waals surface area (Å²) < 4.78 is 43.0. The van der Waals surface area contributed by atoms with Gasteiger partial charge >= 0.3 is 6.18 Å². The zero-order valence-electron chi connectivity index (χ0n) is 15.1. The third-order valence-electron chi connectivity index (χ3n) is 4.66. The summed E-state index contributed by atoms with van der Waals surface area (Å²) in [5, 5.41) is 4.90. The monoisotopic (exact) mass is 389 g/mol. The molecule has 3 aromatic heterocycles. The summed E-state index contributed by atoms with van der Waals surface area (Å²) in [6.07, 6.45) is -4.61. The van der Waals surface area contributed by atoms with E-state index in [1.165, 1.54) is 23.1 Å². The Kier molecular flexibility index (Phi) is 3.92. The molecule has 0 saturated carbocycles. The fourth-order valence-electron chi connectivity index (χ4n) is 3.18. The van der Waals surface area contributed by atoms with Crippen molar-refractivity contribution in [3.63, 3.8) is 0 Å². The van der Waals surface area contributed by atoms with Gasteiger partial charge in [0.2, 0.25) is 5.69 Å². The fraction of sp³-hybridized carbons (Fsp3) is 0.263. The average Bonchev–Trinajstić information content (AvgIpc) is 2.92. The lowest BCUT2D eigenvalue weighted by molar-refractivity contribution is -0.720. The Balaban J connectivity index is 2.17. The topological polar surface area (TPSA) is 42.5 Å². The SMILES string of the molecule is Cc1nc2c(C(F)(F)F)n[n+](C)c(-c3sc4ccccc4c3C)c2nc1C. The molecule has 0 aliphatic carbocycles. The van der Waals surface area contributed by atoms with Crippen LogP contribution < -0.4 is 4.68 Å². The van der Waals surface area contributed by atoms with Crippen LogP contribution in [0.4, 0.5) is 13.2 Å². The van der Waals surface area contributed by atoms with Gasteiger partial charge in [0.1, 0.15) is 10.4 Å². The molecule has 138 valence electrons. The first-order chi connectivity index (χ1) is 12.7. The van der Waals surface area contributed by atoms with Gasteiger partial charge in [-0.2, -0.15) is 13.2 Å². The predicted octanol–water partition coefficient (Wildman–Crippen LogP) is 4.68. The molecule has 0 radical (unpaired) electrons. The van der Waals surface area contributed by atoms with Crippen LogP contribution in [0.1, 0.15) is 22.6 Å². The Labute approximate surface area is 157 Å². The van der Waals surface area contributed by atoms with Gasteiger partial charge in [-0.25, -0.2) is 9.97 Å². The van der Waals surface area contributed by atoms with Gasteiger partial charge < -0.3 is 0 Å². The summed E-state index contributed by atoms with van der Waals surface area (Å²) in [5.41, 5.74) is 1.59. The van der Waals surface area contributed by atoms with E-state index in [1.54, 1.807) is 13.8 Å². The molecular formula is C19H16F3N4S+. The summed E-state index contributed by atoms with van der Waals surface area (Å²) in [5.74, 6) is 0. The van der Waals surface area contributed by atoms with Gasteiger partial charge in [0, 0.05) is 9.80 Å². The van der Waals surface area contributed by atoms with Gasteiger partial charge in [-0.15, -0.1) is 11.3 Å². The predicted molar refractivity (Wildman–Crippen MR) is 98.5 cm³/mol. The van der Waals surface area contributed by atoms with Crippen LogP contribution in [0.3, 0.4) is 0 Å². The molecule has 0 aliphatic heterocycles. The minimum atomic E-state index is -4.61. The van der Waals surface area contributed by atoms with Crippen molar-refractivity contribution in [3.05, 3.63) is 46.9 Å². The summed E-state index contributed by atoms with van der Waals surface area (Å²) in [7, 11) is 1.52. The molecule has 27 heavy (non-hydrogen) atoms. The molecule has 0 bridgehead atoms. The van der Waals surface area contributed by atoms with Gasteiger partial charge in [0.15, 0.2) is 12.6 Å². The number of hydrogen-bond acceptors (Lipinski definition) is 4. The van der Waals surface area contributed by atoms with Gasteiger partial charge in [0.25, 0.3) is 5.69 Å². The molecule has 0 spiro atoms. The quantitative estimate of drug-likeness (QED) is 0.444. The highest BCUT2D eigenvalue weighted by Crippen LogP contribution is 2.40. The number of nitrogens with zero attached hydrogens (tertiary/aromatic N) is 4. The van der Waals surface area contributed by atoms with E-state index >= 15 is 0 Å². The van der Waals surface area contributed by atoms with Crippen molar-refractivity contribution in [1.29, 1.82) is 0 Å². The Morgan fingerprint density at radius 3 is 2.22 bits per heavy atom. The van der Waals surface area contributed by atoms with Gasteiger partial charge in [0.05, 0.1) is 11.4 Å². The number of alkyl halides is 3. The van der Waals surface area contributed by atoms with E-state index in [0.717, 1.165) is 20.5 Å². The molecule has 4 rings (SSSR count). The highest BCUT2D eigenvalue weighted by molar-refractivity contribution is 7.22. The zero-order valence-corrected chi connectivity index (χ0v) is 16.0. The molecule has 3 heterocycles. The van der Waals surface area contributed by atoms with Crippen LogP contribution in [0.5, 0.6) is 0 Å². The van der Waals surface area contributed by atoms with Crippen LogP contribution in [0.2, 0.25) is 0 Å². The zero-order chi connectivity index (χ0) is 19.5. The number of benzene rings is 1. The summed E-state index contributed by atoms with van der Waals surface area (Å²) in [4.78, 5) is 9.53. The second-order valence-corrected chi connectivity index (χ2v) is 7.51. The van der Waals surface area contributed by atoms with E-state index in [4.69, 9.17) is 0 Å². The van der Waals surface area contributed by atoms with Gasteiger partial charge in [-0.1, -0.05) is 22.9 Å². The van der Waals surface area contributed by atoms with E-state index in [-0.39, 0.29) is 11.0 Å². The second-order valence-electron chi connectivity index (χ2n) is 6.46. The van der Waals surface area contributed by atoms with Crippen LogP contribution in [0, 0.1) is 20.8 Å². The van der Waals surface area contributed by atoms with Gasteiger partial charge in [-0.3, -0.25) is 0 Å². The van der Waals surface area contributed by atoms with Crippen LogP contribution >= 0.6 is 11.3 Å². The lowest BCUT2D eigenvalue weighted by Crippen LogP contribution is -2.39. The Morgan fingerprint density at radius 1 is 0.963 bits per heavy atom.